The van der Waals surface area contributed by atoms with E-state index in [2.05, 4.69) is 15.0 Å². The van der Waals surface area contributed by atoms with E-state index in [0.717, 1.165) is 0 Å². The fourth-order valence-corrected chi connectivity index (χ4v) is 1.22. The van der Waals surface area contributed by atoms with E-state index in [0.29, 0.717) is 0 Å². The fraction of sp³-hybridized carbons (Fsp3) is 0.300. The van der Waals surface area contributed by atoms with E-state index < -0.39 is 11.9 Å². The normalized spacial score (nSPS) is 9.62. The summed E-state index contributed by atoms with van der Waals surface area (Å²) in [6.45, 7) is 1.79. The standard InChI is InChI=1S/C10H11ClN2O3/c1-2-16-8(14)6-13-10(15)7-4-3-5-12-9(7)11/h3-5H,2,6H2,1H3,(H,13,15). The second kappa shape index (κ2) is 6.07. The molecule has 1 rings (SSSR count). The van der Waals surface area contributed by atoms with E-state index in [9.17, 15) is 9.59 Å². The van der Waals surface area contributed by atoms with E-state index in [1.807, 2.05) is 0 Å². The quantitative estimate of drug-likeness (QED) is 0.633. The highest BCUT2D eigenvalue weighted by Gasteiger charge is 2.11. The van der Waals surface area contributed by atoms with E-state index in [-0.39, 0.29) is 23.9 Å². The Hall–Kier alpha value is -1.62. The molecule has 1 aromatic rings. The summed E-state index contributed by atoms with van der Waals surface area (Å²) in [7, 11) is 0. The lowest BCUT2D eigenvalue weighted by Gasteiger charge is -2.05. The van der Waals surface area contributed by atoms with Gasteiger partial charge in [-0.1, -0.05) is 11.6 Å². The van der Waals surface area contributed by atoms with Crippen LogP contribution in [0.25, 0.3) is 0 Å². The highest BCUT2D eigenvalue weighted by molar-refractivity contribution is 6.32. The Labute approximate surface area is 97.8 Å². The number of nitrogens with zero attached hydrogens (tertiary/aromatic N) is 1. The molecule has 0 saturated carbocycles. The van der Waals surface area contributed by atoms with Gasteiger partial charge in [-0.3, -0.25) is 9.59 Å². The van der Waals surface area contributed by atoms with Crippen LogP contribution in [0.5, 0.6) is 0 Å². The van der Waals surface area contributed by atoms with Crippen molar-refractivity contribution < 1.29 is 14.3 Å². The monoisotopic (exact) mass is 242 g/mol. The van der Waals surface area contributed by atoms with E-state index in [1.165, 1.54) is 12.3 Å². The summed E-state index contributed by atoms with van der Waals surface area (Å²) in [6.07, 6.45) is 1.48. The molecule has 0 fully saturated rings. The van der Waals surface area contributed by atoms with Crippen molar-refractivity contribution in [2.24, 2.45) is 0 Å². The average Bonchev–Trinajstić information content (AvgIpc) is 2.27. The van der Waals surface area contributed by atoms with Crippen molar-refractivity contribution in [3.05, 3.63) is 29.0 Å². The Kier molecular flexibility index (Phi) is 4.72. The molecule has 0 bridgehead atoms. The molecule has 16 heavy (non-hydrogen) atoms. The van der Waals surface area contributed by atoms with Gasteiger partial charge in [0.15, 0.2) is 0 Å². The van der Waals surface area contributed by atoms with E-state index in [4.69, 9.17) is 11.6 Å². The second-order valence-electron chi connectivity index (χ2n) is 2.83. The smallest absolute Gasteiger partial charge is 0.325 e. The SMILES string of the molecule is CCOC(=O)CNC(=O)c1cccnc1Cl. The number of carbonyl (C=O) groups is 2. The van der Waals surface area contributed by atoms with Crippen LogP contribution in [0, 0.1) is 0 Å². The second-order valence-corrected chi connectivity index (χ2v) is 3.19. The number of carbonyl (C=O) groups excluding carboxylic acids is 2. The third-order valence-corrected chi connectivity index (χ3v) is 2.00. The van der Waals surface area contributed by atoms with Crippen LogP contribution >= 0.6 is 11.6 Å². The zero-order valence-corrected chi connectivity index (χ0v) is 9.45. The van der Waals surface area contributed by atoms with E-state index >= 15 is 0 Å². The van der Waals surface area contributed by atoms with Crippen molar-refractivity contribution in [3.63, 3.8) is 0 Å². The number of pyridine rings is 1. The van der Waals surface area contributed by atoms with Crippen molar-refractivity contribution in [3.8, 4) is 0 Å². The molecule has 0 atom stereocenters. The zero-order valence-electron chi connectivity index (χ0n) is 8.70. The molecule has 0 aliphatic heterocycles. The van der Waals surface area contributed by atoms with Gasteiger partial charge in [0.1, 0.15) is 11.7 Å². The predicted molar refractivity (Wildman–Crippen MR) is 58.2 cm³/mol. The largest absolute Gasteiger partial charge is 0.465 e. The third-order valence-electron chi connectivity index (χ3n) is 1.70. The fourth-order valence-electron chi connectivity index (χ4n) is 1.02. The van der Waals surface area contributed by atoms with Crippen LogP contribution in [-0.2, 0) is 9.53 Å². The summed E-state index contributed by atoms with van der Waals surface area (Å²) in [5.41, 5.74) is 0.230. The minimum atomic E-state index is -0.490. The average molecular weight is 243 g/mol. The lowest BCUT2D eigenvalue weighted by Crippen LogP contribution is -2.30. The van der Waals surface area contributed by atoms with Crippen LogP contribution in [0.15, 0.2) is 18.3 Å². The van der Waals surface area contributed by atoms with Crippen LogP contribution in [0.1, 0.15) is 17.3 Å². The maximum Gasteiger partial charge on any atom is 0.325 e. The summed E-state index contributed by atoms with van der Waals surface area (Å²) in [4.78, 5) is 26.3. The van der Waals surface area contributed by atoms with Crippen molar-refractivity contribution in [1.82, 2.24) is 10.3 Å². The van der Waals surface area contributed by atoms with Crippen LogP contribution in [0.4, 0.5) is 0 Å². The minimum Gasteiger partial charge on any atom is -0.465 e. The van der Waals surface area contributed by atoms with Crippen molar-refractivity contribution >= 4 is 23.5 Å². The summed E-state index contributed by atoms with van der Waals surface area (Å²) < 4.78 is 4.66. The number of nitrogens with one attached hydrogen (secondary N) is 1. The molecule has 1 amide bonds. The molecule has 0 spiro atoms. The molecule has 0 aliphatic rings. The summed E-state index contributed by atoms with van der Waals surface area (Å²) in [5.74, 6) is -0.943. The van der Waals surface area contributed by atoms with Crippen LogP contribution in [-0.4, -0.2) is 30.0 Å². The van der Waals surface area contributed by atoms with Gasteiger partial charge in [-0.05, 0) is 19.1 Å². The first-order chi connectivity index (χ1) is 7.65. The molecule has 0 radical (unpaired) electrons. The molecule has 86 valence electrons. The van der Waals surface area contributed by atoms with Gasteiger partial charge in [0.2, 0.25) is 0 Å². The van der Waals surface area contributed by atoms with Gasteiger partial charge < -0.3 is 10.1 Å². The summed E-state index contributed by atoms with van der Waals surface area (Å²) in [6, 6.07) is 3.11. The van der Waals surface area contributed by atoms with Gasteiger partial charge >= 0.3 is 5.97 Å². The first kappa shape index (κ1) is 12.4. The van der Waals surface area contributed by atoms with Crippen molar-refractivity contribution in [2.45, 2.75) is 6.92 Å². The number of hydrogen-bond donors (Lipinski definition) is 1. The molecule has 1 heterocycles. The number of rotatable bonds is 4. The molecule has 5 nitrogen and oxygen atoms in total. The van der Waals surface area contributed by atoms with Gasteiger partial charge in [0.25, 0.3) is 5.91 Å². The third kappa shape index (κ3) is 3.51. The van der Waals surface area contributed by atoms with Crippen LogP contribution < -0.4 is 5.32 Å². The molecular formula is C10H11ClN2O3. The maximum atomic E-state index is 11.5. The number of hydrogen-bond acceptors (Lipinski definition) is 4. The van der Waals surface area contributed by atoms with E-state index in [1.54, 1.807) is 13.0 Å². The topological polar surface area (TPSA) is 68.3 Å². The highest BCUT2D eigenvalue weighted by Crippen LogP contribution is 2.10. The number of ether oxygens (including phenoxy) is 1. The van der Waals surface area contributed by atoms with Crippen molar-refractivity contribution in [2.75, 3.05) is 13.2 Å². The van der Waals surface area contributed by atoms with Crippen LogP contribution in [0.2, 0.25) is 5.15 Å². The molecule has 0 unspecified atom stereocenters. The molecule has 0 aliphatic carbocycles. The Morgan fingerprint density at radius 1 is 1.56 bits per heavy atom. The number of esters is 1. The first-order valence-electron chi connectivity index (χ1n) is 4.69. The Bertz CT molecular complexity index is 395. The predicted octanol–water partition coefficient (Wildman–Crippen LogP) is 1.03. The first-order valence-corrected chi connectivity index (χ1v) is 5.07. The van der Waals surface area contributed by atoms with Gasteiger partial charge in [-0.25, -0.2) is 4.98 Å². The molecule has 1 aromatic heterocycles. The van der Waals surface area contributed by atoms with Gasteiger partial charge in [-0.15, -0.1) is 0 Å². The summed E-state index contributed by atoms with van der Waals surface area (Å²) >= 11 is 5.71. The lowest BCUT2D eigenvalue weighted by molar-refractivity contribution is -0.141. The minimum absolute atomic E-state index is 0.101. The Morgan fingerprint density at radius 2 is 2.31 bits per heavy atom. The highest BCUT2D eigenvalue weighted by atomic mass is 35.5. The van der Waals surface area contributed by atoms with Gasteiger partial charge in [0, 0.05) is 6.20 Å². The van der Waals surface area contributed by atoms with Crippen molar-refractivity contribution in [1.29, 1.82) is 0 Å². The molecule has 6 heteroatoms. The Morgan fingerprint density at radius 3 is 2.94 bits per heavy atom. The molecule has 0 aromatic carbocycles. The maximum absolute atomic E-state index is 11.5. The Balaban J connectivity index is 2.54. The molecule has 1 N–H and O–H groups in total. The molecular weight excluding hydrogens is 232 g/mol. The number of halogens is 1. The van der Waals surface area contributed by atoms with Crippen LogP contribution in [0.3, 0.4) is 0 Å². The molecule has 0 saturated heterocycles. The number of aromatic nitrogens is 1. The number of amides is 1. The van der Waals surface area contributed by atoms with Gasteiger partial charge in [0.05, 0.1) is 12.2 Å². The summed E-state index contributed by atoms with van der Waals surface area (Å²) in [5, 5.41) is 2.49. The zero-order chi connectivity index (χ0) is 12.0. The van der Waals surface area contributed by atoms with Gasteiger partial charge in [-0.2, -0.15) is 0 Å². The lowest BCUT2D eigenvalue weighted by atomic mass is 10.2.